The Balaban J connectivity index is 4.77. The van der Waals surface area contributed by atoms with Crippen LogP contribution in [0.5, 0.6) is 0 Å². The van der Waals surface area contributed by atoms with E-state index in [9.17, 15) is 4.79 Å². The van der Waals surface area contributed by atoms with Gasteiger partial charge in [0.05, 0.1) is 6.61 Å². The lowest BCUT2D eigenvalue weighted by molar-refractivity contribution is -0.137. The maximum atomic E-state index is 11.1. The summed E-state index contributed by atoms with van der Waals surface area (Å²) < 4.78 is 23.3. The van der Waals surface area contributed by atoms with Gasteiger partial charge in [0.1, 0.15) is 0 Å². The van der Waals surface area contributed by atoms with E-state index in [1.807, 2.05) is 0 Å². The van der Waals surface area contributed by atoms with Crippen molar-refractivity contribution >= 4 is 31.4 Å². The maximum absolute atomic E-state index is 11.1. The highest BCUT2D eigenvalue weighted by Crippen LogP contribution is 2.26. The van der Waals surface area contributed by atoms with Crippen molar-refractivity contribution in [3.05, 3.63) is 12.7 Å². The Labute approximate surface area is 132 Å². The SMILES string of the molecule is C=CC(=O)OCCC[Si](OC)(O[Si](C)(C)C)O[Si](C)(C)C. The summed E-state index contributed by atoms with van der Waals surface area (Å²) in [5.41, 5.74) is 0. The number of ether oxygens (including phenoxy) is 1. The molecule has 0 saturated carbocycles. The van der Waals surface area contributed by atoms with Crippen LogP contribution in [0.15, 0.2) is 12.7 Å². The van der Waals surface area contributed by atoms with Gasteiger partial charge in [0.2, 0.25) is 0 Å². The van der Waals surface area contributed by atoms with Crippen molar-refractivity contribution in [1.82, 2.24) is 0 Å². The van der Waals surface area contributed by atoms with E-state index in [1.54, 1.807) is 7.11 Å². The first kappa shape index (κ1) is 20.7. The molecule has 0 radical (unpaired) electrons. The molecule has 0 unspecified atom stereocenters. The smallest absolute Gasteiger partial charge is 0.463 e. The third-order valence-corrected chi connectivity index (χ3v) is 11.2. The minimum absolute atomic E-state index is 0.326. The van der Waals surface area contributed by atoms with E-state index in [0.717, 1.165) is 6.08 Å². The van der Waals surface area contributed by atoms with Crippen molar-refractivity contribution in [3.8, 4) is 0 Å². The summed E-state index contributed by atoms with van der Waals surface area (Å²) >= 11 is 0. The van der Waals surface area contributed by atoms with Gasteiger partial charge in [-0.3, -0.25) is 0 Å². The molecule has 0 aliphatic rings. The van der Waals surface area contributed by atoms with Gasteiger partial charge in [0.25, 0.3) is 0 Å². The number of hydrogen-bond acceptors (Lipinski definition) is 5. The van der Waals surface area contributed by atoms with Crippen molar-refractivity contribution in [1.29, 1.82) is 0 Å². The Morgan fingerprint density at radius 1 is 1.05 bits per heavy atom. The van der Waals surface area contributed by atoms with Gasteiger partial charge in [-0.2, -0.15) is 0 Å². The zero-order chi connectivity index (χ0) is 16.7. The van der Waals surface area contributed by atoms with E-state index in [-0.39, 0.29) is 0 Å². The lowest BCUT2D eigenvalue weighted by Crippen LogP contribution is -2.56. The molecule has 0 rings (SSSR count). The lowest BCUT2D eigenvalue weighted by Gasteiger charge is -2.38. The van der Waals surface area contributed by atoms with Crippen LogP contribution in [0.4, 0.5) is 0 Å². The lowest BCUT2D eigenvalue weighted by atomic mass is 10.5. The molecule has 0 heterocycles. The largest absolute Gasteiger partial charge is 0.479 e. The molecule has 0 atom stereocenters. The fourth-order valence-electron chi connectivity index (χ4n) is 1.76. The second-order valence-corrected chi connectivity index (χ2v) is 19.1. The molecule has 0 aromatic rings. The van der Waals surface area contributed by atoms with Gasteiger partial charge in [0, 0.05) is 19.2 Å². The summed E-state index contributed by atoms with van der Waals surface area (Å²) in [5, 5.41) is 0. The zero-order valence-corrected chi connectivity index (χ0v) is 17.4. The summed E-state index contributed by atoms with van der Waals surface area (Å²) in [6, 6.07) is 0.655. The average molecular weight is 351 g/mol. The molecule has 5 nitrogen and oxygen atoms in total. The van der Waals surface area contributed by atoms with Crippen LogP contribution in [-0.4, -0.2) is 45.1 Å². The number of carbonyl (C=O) groups excluding carboxylic acids is 1. The third kappa shape index (κ3) is 10.2. The molecule has 8 heteroatoms. The number of rotatable bonds is 10. The van der Waals surface area contributed by atoms with E-state index in [4.69, 9.17) is 17.4 Å². The first-order valence-electron chi connectivity index (χ1n) is 7.18. The molecule has 0 amide bonds. The van der Waals surface area contributed by atoms with Gasteiger partial charge < -0.3 is 17.4 Å². The van der Waals surface area contributed by atoms with E-state index in [0.29, 0.717) is 19.1 Å². The standard InChI is InChI=1S/C13H30O5Si3/c1-9-13(14)16-11-10-12-21(15-2,17-19(3,4)5)18-20(6,7)8/h9H,1,10-12H2,2-8H3. The number of esters is 1. The average Bonchev–Trinajstić information content (AvgIpc) is 2.30. The predicted octanol–water partition coefficient (Wildman–Crippen LogP) is 3.39. The molecule has 0 saturated heterocycles. The topological polar surface area (TPSA) is 54.0 Å². The molecule has 0 aliphatic heterocycles. The van der Waals surface area contributed by atoms with Gasteiger partial charge in [0.15, 0.2) is 16.6 Å². The Morgan fingerprint density at radius 2 is 1.52 bits per heavy atom. The second kappa shape index (κ2) is 8.39. The fourth-order valence-corrected chi connectivity index (χ4v) is 12.0. The van der Waals surface area contributed by atoms with E-state index in [1.165, 1.54) is 0 Å². The molecule has 0 aliphatic carbocycles. The Hall–Kier alpha value is -0.259. The van der Waals surface area contributed by atoms with Gasteiger partial charge in [-0.05, 0) is 45.7 Å². The Morgan fingerprint density at radius 3 is 1.86 bits per heavy atom. The molecular formula is C13H30O5Si3. The highest BCUT2D eigenvalue weighted by Gasteiger charge is 2.46. The monoisotopic (exact) mass is 350 g/mol. The van der Waals surface area contributed by atoms with Crippen molar-refractivity contribution in [2.75, 3.05) is 13.7 Å². The van der Waals surface area contributed by atoms with Gasteiger partial charge in [-0.1, -0.05) is 6.58 Å². The first-order chi connectivity index (χ1) is 9.43. The molecule has 0 fully saturated rings. The normalized spacial score (nSPS) is 13.1. The van der Waals surface area contributed by atoms with Crippen LogP contribution in [0.25, 0.3) is 0 Å². The summed E-state index contributed by atoms with van der Waals surface area (Å²) in [6.45, 7) is 16.4. The molecule has 0 bridgehead atoms. The summed E-state index contributed by atoms with van der Waals surface area (Å²) in [4.78, 5) is 11.1. The Kier molecular flexibility index (Phi) is 8.29. The van der Waals surface area contributed by atoms with Crippen molar-refractivity contribution in [2.24, 2.45) is 0 Å². The summed E-state index contributed by atoms with van der Waals surface area (Å²) in [7, 11) is -4.65. The van der Waals surface area contributed by atoms with Crippen LogP contribution in [-0.2, 0) is 22.2 Å². The van der Waals surface area contributed by atoms with E-state index < -0.39 is 31.4 Å². The van der Waals surface area contributed by atoms with Gasteiger partial charge in [-0.25, -0.2) is 4.79 Å². The van der Waals surface area contributed by atoms with Crippen molar-refractivity contribution in [3.63, 3.8) is 0 Å². The summed E-state index contributed by atoms with van der Waals surface area (Å²) in [6.07, 6.45) is 1.83. The van der Waals surface area contributed by atoms with Crippen LogP contribution in [0.3, 0.4) is 0 Å². The van der Waals surface area contributed by atoms with Crippen LogP contribution in [0.2, 0.25) is 45.3 Å². The zero-order valence-electron chi connectivity index (χ0n) is 14.4. The van der Waals surface area contributed by atoms with Crippen LogP contribution in [0, 0.1) is 0 Å². The minimum atomic E-state index is -2.72. The van der Waals surface area contributed by atoms with Crippen molar-refractivity contribution in [2.45, 2.75) is 51.7 Å². The second-order valence-electron chi connectivity index (χ2n) is 6.79. The van der Waals surface area contributed by atoms with Crippen LogP contribution < -0.4 is 0 Å². The third-order valence-electron chi connectivity index (χ3n) is 2.27. The fraction of sp³-hybridized carbons (Fsp3) is 0.769. The maximum Gasteiger partial charge on any atom is 0.479 e. The molecule has 21 heavy (non-hydrogen) atoms. The molecule has 0 spiro atoms. The summed E-state index contributed by atoms with van der Waals surface area (Å²) in [5.74, 6) is -0.406. The van der Waals surface area contributed by atoms with Gasteiger partial charge >= 0.3 is 14.8 Å². The molecule has 0 aromatic heterocycles. The van der Waals surface area contributed by atoms with Crippen LogP contribution in [0.1, 0.15) is 6.42 Å². The molecule has 124 valence electrons. The number of hydrogen-bond donors (Lipinski definition) is 0. The van der Waals surface area contributed by atoms with Crippen LogP contribution >= 0.6 is 0 Å². The molecular weight excluding hydrogens is 320 g/mol. The highest BCUT2D eigenvalue weighted by molar-refractivity contribution is 6.85. The van der Waals surface area contributed by atoms with E-state index >= 15 is 0 Å². The number of carbonyl (C=O) groups is 1. The molecule has 0 aromatic carbocycles. The van der Waals surface area contributed by atoms with E-state index in [2.05, 4.69) is 45.9 Å². The quantitative estimate of drug-likeness (QED) is 0.262. The van der Waals surface area contributed by atoms with Gasteiger partial charge in [-0.15, -0.1) is 0 Å². The minimum Gasteiger partial charge on any atom is -0.463 e. The predicted molar refractivity (Wildman–Crippen MR) is 92.2 cm³/mol. The highest BCUT2D eigenvalue weighted by atomic mass is 28.5. The first-order valence-corrected chi connectivity index (χ1v) is 15.9. The molecule has 0 N–H and O–H groups in total. The Bertz CT molecular complexity index is 331. The van der Waals surface area contributed by atoms with Crippen molar-refractivity contribution < 1.29 is 22.2 Å².